The van der Waals surface area contributed by atoms with Gasteiger partial charge in [-0.3, -0.25) is 14.4 Å². The number of hydrogen-bond donors (Lipinski definition) is 0. The van der Waals surface area contributed by atoms with Gasteiger partial charge in [-0.05, 0) is 128 Å². The standard InChI is InChI=1S/C69H106O6/c1-4-7-10-13-16-19-22-25-28-31-34-37-40-43-46-49-52-55-58-61-67(70)73-64-66(75-69(72)63-60-57-54-51-48-45-42-39-36-33-30-27-24-21-18-15-12-9-6-3)65-74-68(71)62-59-56-53-50-47-44-41-38-35-32-29-26-23-20-17-14-11-8-5-2/h7,9-10,12,16-21,25-30,34,36-37,39,43,45-46,48,52,54-55,57,66H,4-6,8,11,13-15,22-24,31-33,35,38,40-42,44,47,49-51,53,56,58-65H2,1-3H3/b10-7-,12-9-,19-16-,20-17-,21-18-,28-25-,29-26-,30-27-,37-34-,39-36-,46-43-,48-45-,55-52-,57-54-. The Hall–Kier alpha value is -5.23. The van der Waals surface area contributed by atoms with Crippen LogP contribution in [0.1, 0.15) is 226 Å². The molecule has 418 valence electrons. The second-order valence-electron chi connectivity index (χ2n) is 18.8. The van der Waals surface area contributed by atoms with E-state index < -0.39 is 12.1 Å². The lowest BCUT2D eigenvalue weighted by molar-refractivity contribution is -0.166. The fourth-order valence-electron chi connectivity index (χ4n) is 7.35. The molecule has 0 saturated heterocycles. The average molecular weight is 1030 g/mol. The van der Waals surface area contributed by atoms with E-state index in [0.29, 0.717) is 19.3 Å². The molecule has 0 spiro atoms. The molecule has 0 aromatic carbocycles. The number of ether oxygens (including phenoxy) is 3. The quantitative estimate of drug-likeness (QED) is 0.0261. The van der Waals surface area contributed by atoms with E-state index in [0.717, 1.165) is 103 Å². The van der Waals surface area contributed by atoms with Gasteiger partial charge in [0.25, 0.3) is 0 Å². The Morgan fingerprint density at radius 1 is 0.280 bits per heavy atom. The molecule has 0 amide bonds. The normalized spacial score (nSPS) is 13.4. The van der Waals surface area contributed by atoms with Crippen LogP contribution in [0.4, 0.5) is 0 Å². The molecule has 0 aromatic rings. The van der Waals surface area contributed by atoms with Gasteiger partial charge in [0.2, 0.25) is 0 Å². The topological polar surface area (TPSA) is 78.9 Å². The molecular formula is C69H106O6. The van der Waals surface area contributed by atoms with Crippen molar-refractivity contribution in [2.75, 3.05) is 13.2 Å². The van der Waals surface area contributed by atoms with Crippen molar-refractivity contribution in [1.29, 1.82) is 0 Å². The molecule has 0 fully saturated rings. The highest BCUT2D eigenvalue weighted by Gasteiger charge is 2.19. The van der Waals surface area contributed by atoms with Gasteiger partial charge in [-0.15, -0.1) is 0 Å². The fraction of sp³-hybridized carbons (Fsp3) is 0.551. The Morgan fingerprint density at radius 3 is 0.893 bits per heavy atom. The van der Waals surface area contributed by atoms with Crippen molar-refractivity contribution in [2.24, 2.45) is 0 Å². The Kier molecular flexibility index (Phi) is 57.0. The molecular weight excluding hydrogens is 925 g/mol. The molecule has 0 aliphatic heterocycles. The number of unbranched alkanes of at least 4 members (excludes halogenated alkanes) is 12. The first kappa shape index (κ1) is 69.8. The number of carbonyl (C=O) groups excluding carboxylic acids is 3. The van der Waals surface area contributed by atoms with Crippen LogP contribution in [0.3, 0.4) is 0 Å². The Labute approximate surface area is 460 Å². The zero-order valence-corrected chi connectivity index (χ0v) is 47.7. The Balaban J connectivity index is 4.65. The summed E-state index contributed by atoms with van der Waals surface area (Å²) in [4.78, 5) is 38.2. The molecule has 0 aliphatic carbocycles. The lowest BCUT2D eigenvalue weighted by Crippen LogP contribution is -2.30. The van der Waals surface area contributed by atoms with E-state index in [-0.39, 0.29) is 38.0 Å². The maximum absolute atomic E-state index is 12.8. The summed E-state index contributed by atoms with van der Waals surface area (Å²) in [5, 5.41) is 0. The van der Waals surface area contributed by atoms with Crippen molar-refractivity contribution in [3.05, 3.63) is 170 Å². The molecule has 1 unspecified atom stereocenters. The van der Waals surface area contributed by atoms with Gasteiger partial charge in [0.1, 0.15) is 13.2 Å². The molecule has 0 heterocycles. The summed E-state index contributed by atoms with van der Waals surface area (Å²) in [6, 6.07) is 0. The van der Waals surface area contributed by atoms with Gasteiger partial charge in [0.15, 0.2) is 6.10 Å². The van der Waals surface area contributed by atoms with Crippen LogP contribution in [0.5, 0.6) is 0 Å². The van der Waals surface area contributed by atoms with Crippen molar-refractivity contribution >= 4 is 17.9 Å². The zero-order chi connectivity index (χ0) is 54.3. The molecule has 0 rings (SSSR count). The van der Waals surface area contributed by atoms with Crippen LogP contribution in [-0.4, -0.2) is 37.2 Å². The minimum Gasteiger partial charge on any atom is -0.462 e. The molecule has 0 aliphatic rings. The lowest BCUT2D eigenvalue weighted by atomic mass is 10.1. The van der Waals surface area contributed by atoms with Crippen LogP contribution < -0.4 is 0 Å². The first-order valence-corrected chi connectivity index (χ1v) is 29.6. The first-order chi connectivity index (χ1) is 37.0. The van der Waals surface area contributed by atoms with E-state index >= 15 is 0 Å². The van der Waals surface area contributed by atoms with E-state index in [1.807, 2.05) is 24.3 Å². The highest BCUT2D eigenvalue weighted by Crippen LogP contribution is 2.13. The zero-order valence-electron chi connectivity index (χ0n) is 47.7. The predicted molar refractivity (Wildman–Crippen MR) is 325 cm³/mol. The van der Waals surface area contributed by atoms with E-state index in [9.17, 15) is 14.4 Å². The Bertz CT molecular complexity index is 1750. The second kappa shape index (κ2) is 61.3. The average Bonchev–Trinajstić information content (AvgIpc) is 3.41. The number of allylic oxidation sites excluding steroid dienone is 28. The third kappa shape index (κ3) is 59.5. The van der Waals surface area contributed by atoms with Gasteiger partial charge in [0, 0.05) is 19.3 Å². The summed E-state index contributed by atoms with van der Waals surface area (Å²) in [7, 11) is 0. The summed E-state index contributed by atoms with van der Waals surface area (Å²) in [5.74, 6) is -1.13. The number of rotatable bonds is 51. The molecule has 0 aromatic heterocycles. The summed E-state index contributed by atoms with van der Waals surface area (Å²) < 4.78 is 16.7. The van der Waals surface area contributed by atoms with Crippen LogP contribution in [0.15, 0.2) is 170 Å². The smallest absolute Gasteiger partial charge is 0.306 e. The van der Waals surface area contributed by atoms with Gasteiger partial charge < -0.3 is 14.2 Å². The second-order valence-corrected chi connectivity index (χ2v) is 18.8. The highest BCUT2D eigenvalue weighted by atomic mass is 16.6. The van der Waals surface area contributed by atoms with Gasteiger partial charge in [0.05, 0.1) is 0 Å². The van der Waals surface area contributed by atoms with Crippen LogP contribution in [0.25, 0.3) is 0 Å². The Morgan fingerprint density at radius 2 is 0.547 bits per heavy atom. The monoisotopic (exact) mass is 1030 g/mol. The van der Waals surface area contributed by atoms with Crippen LogP contribution in [-0.2, 0) is 28.6 Å². The van der Waals surface area contributed by atoms with Crippen LogP contribution >= 0.6 is 0 Å². The van der Waals surface area contributed by atoms with Gasteiger partial charge in [-0.2, -0.15) is 0 Å². The predicted octanol–water partition coefficient (Wildman–Crippen LogP) is 20.3. The van der Waals surface area contributed by atoms with Gasteiger partial charge >= 0.3 is 17.9 Å². The highest BCUT2D eigenvalue weighted by molar-refractivity contribution is 5.71. The van der Waals surface area contributed by atoms with Crippen molar-refractivity contribution < 1.29 is 28.6 Å². The van der Waals surface area contributed by atoms with Crippen molar-refractivity contribution in [2.45, 2.75) is 232 Å². The molecule has 0 radical (unpaired) electrons. The molecule has 6 nitrogen and oxygen atoms in total. The molecule has 75 heavy (non-hydrogen) atoms. The minimum atomic E-state index is -0.861. The van der Waals surface area contributed by atoms with E-state index in [4.69, 9.17) is 14.2 Å². The lowest BCUT2D eigenvalue weighted by Gasteiger charge is -2.18. The maximum Gasteiger partial charge on any atom is 0.306 e. The summed E-state index contributed by atoms with van der Waals surface area (Å²) in [5.41, 5.74) is 0. The third-order valence-corrected chi connectivity index (χ3v) is 11.7. The van der Waals surface area contributed by atoms with E-state index in [1.165, 1.54) is 70.6 Å². The SMILES string of the molecule is CC/C=C\C/C=C\C/C=C\C/C=C\C/C=C\C/C=C\CCC(=O)OCC(COC(=O)CCCCCCCCCCC/C=C\C/C=C\CCCCC)OC(=O)CC/C=C\C/C=C\C/C=C\C/C=C\C/C=C\C/C=C\CC. The van der Waals surface area contributed by atoms with Crippen molar-refractivity contribution in [3.8, 4) is 0 Å². The minimum absolute atomic E-state index is 0.142. The first-order valence-electron chi connectivity index (χ1n) is 29.6. The van der Waals surface area contributed by atoms with Crippen molar-refractivity contribution in [1.82, 2.24) is 0 Å². The number of carbonyl (C=O) groups is 3. The van der Waals surface area contributed by atoms with E-state index in [1.54, 1.807) is 0 Å². The van der Waals surface area contributed by atoms with Gasteiger partial charge in [-0.25, -0.2) is 0 Å². The molecule has 0 bridgehead atoms. The maximum atomic E-state index is 12.8. The largest absolute Gasteiger partial charge is 0.462 e. The fourth-order valence-corrected chi connectivity index (χ4v) is 7.35. The van der Waals surface area contributed by atoms with Crippen LogP contribution in [0.2, 0.25) is 0 Å². The third-order valence-electron chi connectivity index (χ3n) is 11.7. The number of hydrogen-bond acceptors (Lipinski definition) is 6. The number of esters is 3. The van der Waals surface area contributed by atoms with Crippen molar-refractivity contribution in [3.63, 3.8) is 0 Å². The van der Waals surface area contributed by atoms with E-state index in [2.05, 4.69) is 167 Å². The van der Waals surface area contributed by atoms with Gasteiger partial charge in [-0.1, -0.05) is 249 Å². The summed E-state index contributed by atoms with van der Waals surface area (Å²) in [6.07, 6.45) is 90.8. The molecule has 1 atom stereocenters. The molecule has 0 saturated carbocycles. The van der Waals surface area contributed by atoms with Crippen LogP contribution in [0, 0.1) is 0 Å². The summed E-state index contributed by atoms with van der Waals surface area (Å²) in [6.45, 7) is 6.24. The summed E-state index contributed by atoms with van der Waals surface area (Å²) >= 11 is 0. The molecule has 0 N–H and O–H groups in total. The molecule has 6 heteroatoms.